The number of carbonyl (C=O) groups excluding carboxylic acids is 2. The second kappa shape index (κ2) is 7.72. The molecule has 1 aliphatic heterocycles. The molecule has 8 heteroatoms. The highest BCUT2D eigenvalue weighted by molar-refractivity contribution is 6.36. The number of nitrogens with zero attached hydrogens (tertiary/aromatic N) is 3. The number of hydrogen-bond donors (Lipinski definition) is 1. The van der Waals surface area contributed by atoms with Crippen LogP contribution in [0.5, 0.6) is 0 Å². The van der Waals surface area contributed by atoms with E-state index in [1.807, 2.05) is 0 Å². The van der Waals surface area contributed by atoms with Crippen LogP contribution in [0.1, 0.15) is 10.4 Å². The van der Waals surface area contributed by atoms with E-state index in [2.05, 4.69) is 15.2 Å². The lowest BCUT2D eigenvalue weighted by molar-refractivity contribution is -0.118. The molecule has 1 aromatic heterocycles. The van der Waals surface area contributed by atoms with Gasteiger partial charge in [-0.15, -0.1) is 0 Å². The standard InChI is InChI=1S/C17H16Cl2N4O2/c18-13-2-3-15(14(19)9-13)21-17(25)12-1-4-16(20-10-12)23-7-5-22(11-24)6-8-23/h1-4,9-11H,5-8H2,(H,21,25). The molecule has 0 unspecified atom stereocenters. The van der Waals surface area contributed by atoms with Crippen LogP contribution in [-0.2, 0) is 4.79 Å². The van der Waals surface area contributed by atoms with Gasteiger partial charge in [0.25, 0.3) is 5.91 Å². The summed E-state index contributed by atoms with van der Waals surface area (Å²) in [5.41, 5.74) is 0.923. The number of rotatable bonds is 4. The Bertz CT molecular complexity index is 775. The first-order valence-corrected chi connectivity index (χ1v) is 8.49. The van der Waals surface area contributed by atoms with Crippen LogP contribution in [0.2, 0.25) is 10.0 Å². The quantitative estimate of drug-likeness (QED) is 0.830. The minimum atomic E-state index is -0.297. The van der Waals surface area contributed by atoms with Gasteiger partial charge in [-0.2, -0.15) is 0 Å². The number of piperazine rings is 1. The van der Waals surface area contributed by atoms with Crippen molar-refractivity contribution in [3.8, 4) is 0 Å². The van der Waals surface area contributed by atoms with E-state index < -0.39 is 0 Å². The third kappa shape index (κ3) is 4.21. The van der Waals surface area contributed by atoms with E-state index in [0.717, 1.165) is 25.3 Å². The van der Waals surface area contributed by atoms with E-state index in [-0.39, 0.29) is 5.91 Å². The molecule has 25 heavy (non-hydrogen) atoms. The summed E-state index contributed by atoms with van der Waals surface area (Å²) in [7, 11) is 0. The lowest BCUT2D eigenvalue weighted by Crippen LogP contribution is -2.46. The van der Waals surface area contributed by atoms with Gasteiger partial charge in [0, 0.05) is 37.4 Å². The van der Waals surface area contributed by atoms with Gasteiger partial charge in [-0.05, 0) is 30.3 Å². The van der Waals surface area contributed by atoms with E-state index in [1.54, 1.807) is 35.2 Å². The first kappa shape index (κ1) is 17.5. The highest BCUT2D eigenvalue weighted by Crippen LogP contribution is 2.26. The van der Waals surface area contributed by atoms with Gasteiger partial charge in [-0.3, -0.25) is 9.59 Å². The van der Waals surface area contributed by atoms with E-state index in [0.29, 0.717) is 34.4 Å². The lowest BCUT2D eigenvalue weighted by atomic mass is 10.2. The van der Waals surface area contributed by atoms with Gasteiger partial charge in [-0.1, -0.05) is 23.2 Å². The molecule has 1 fully saturated rings. The molecular formula is C17H16Cl2N4O2. The van der Waals surface area contributed by atoms with Gasteiger partial charge in [0.15, 0.2) is 0 Å². The van der Waals surface area contributed by atoms with E-state index >= 15 is 0 Å². The summed E-state index contributed by atoms with van der Waals surface area (Å²) in [6.07, 6.45) is 2.39. The molecule has 1 aromatic carbocycles. The monoisotopic (exact) mass is 378 g/mol. The highest BCUT2D eigenvalue weighted by atomic mass is 35.5. The second-order valence-electron chi connectivity index (χ2n) is 5.61. The number of halogens is 2. The van der Waals surface area contributed by atoms with Gasteiger partial charge in [0.2, 0.25) is 6.41 Å². The van der Waals surface area contributed by atoms with Crippen LogP contribution in [0.4, 0.5) is 11.5 Å². The molecule has 0 aliphatic carbocycles. The molecule has 2 aromatic rings. The first-order chi connectivity index (χ1) is 12.1. The van der Waals surface area contributed by atoms with Crippen molar-refractivity contribution in [2.45, 2.75) is 0 Å². The fourth-order valence-electron chi connectivity index (χ4n) is 2.55. The summed E-state index contributed by atoms with van der Waals surface area (Å²) in [4.78, 5) is 31.2. The molecule has 1 N–H and O–H groups in total. The Morgan fingerprint density at radius 3 is 2.48 bits per heavy atom. The molecule has 6 nitrogen and oxygen atoms in total. The summed E-state index contributed by atoms with van der Waals surface area (Å²) < 4.78 is 0. The van der Waals surface area contributed by atoms with Crippen molar-refractivity contribution in [1.29, 1.82) is 0 Å². The zero-order valence-electron chi connectivity index (χ0n) is 13.3. The van der Waals surface area contributed by atoms with Crippen LogP contribution in [0, 0.1) is 0 Å². The molecule has 1 saturated heterocycles. The summed E-state index contributed by atoms with van der Waals surface area (Å²) in [6, 6.07) is 8.39. The number of hydrogen-bond acceptors (Lipinski definition) is 4. The average molecular weight is 379 g/mol. The number of pyridine rings is 1. The van der Waals surface area contributed by atoms with Crippen molar-refractivity contribution in [3.05, 3.63) is 52.1 Å². The third-order valence-corrected chi connectivity index (χ3v) is 4.52. The minimum absolute atomic E-state index is 0.297. The Labute approximate surface area is 155 Å². The fraction of sp³-hybridized carbons (Fsp3) is 0.235. The number of aromatic nitrogens is 1. The van der Waals surface area contributed by atoms with Crippen molar-refractivity contribution in [2.75, 3.05) is 36.4 Å². The molecule has 1 aliphatic rings. The molecule has 0 atom stereocenters. The van der Waals surface area contributed by atoms with Gasteiger partial charge in [-0.25, -0.2) is 4.98 Å². The summed E-state index contributed by atoms with van der Waals surface area (Å²) in [5, 5.41) is 3.61. The second-order valence-corrected chi connectivity index (χ2v) is 6.46. The van der Waals surface area contributed by atoms with E-state index in [1.165, 1.54) is 6.20 Å². The van der Waals surface area contributed by atoms with Crippen molar-refractivity contribution < 1.29 is 9.59 Å². The SMILES string of the molecule is O=CN1CCN(c2ccc(C(=O)Nc3ccc(Cl)cc3Cl)cn2)CC1. The van der Waals surface area contributed by atoms with E-state index in [9.17, 15) is 9.59 Å². The molecule has 0 radical (unpaired) electrons. The van der Waals surface area contributed by atoms with Crippen LogP contribution in [0.3, 0.4) is 0 Å². The summed E-state index contributed by atoms with van der Waals surface area (Å²) in [6.45, 7) is 2.78. The lowest BCUT2D eigenvalue weighted by Gasteiger charge is -2.33. The van der Waals surface area contributed by atoms with Crippen LogP contribution in [-0.4, -0.2) is 48.4 Å². The first-order valence-electron chi connectivity index (χ1n) is 7.73. The molecule has 0 spiro atoms. The van der Waals surface area contributed by atoms with Gasteiger partial charge in [0.05, 0.1) is 16.3 Å². The predicted octanol–water partition coefficient (Wildman–Crippen LogP) is 2.92. The normalized spacial score (nSPS) is 14.3. The summed E-state index contributed by atoms with van der Waals surface area (Å²) >= 11 is 11.9. The average Bonchev–Trinajstić information content (AvgIpc) is 2.64. The molecule has 0 saturated carbocycles. The number of benzene rings is 1. The largest absolute Gasteiger partial charge is 0.353 e. The number of amides is 2. The Balaban J connectivity index is 1.65. The Morgan fingerprint density at radius 1 is 1.12 bits per heavy atom. The molecule has 3 rings (SSSR count). The highest BCUT2D eigenvalue weighted by Gasteiger charge is 2.17. The van der Waals surface area contributed by atoms with Gasteiger partial charge < -0.3 is 15.1 Å². The fourth-order valence-corrected chi connectivity index (χ4v) is 3.00. The smallest absolute Gasteiger partial charge is 0.257 e. The van der Waals surface area contributed by atoms with Crippen LogP contribution >= 0.6 is 23.2 Å². The maximum Gasteiger partial charge on any atom is 0.257 e. The number of nitrogens with one attached hydrogen (secondary N) is 1. The van der Waals surface area contributed by atoms with E-state index in [4.69, 9.17) is 23.2 Å². The zero-order chi connectivity index (χ0) is 17.8. The van der Waals surface area contributed by atoms with Crippen LogP contribution in [0.15, 0.2) is 36.5 Å². The van der Waals surface area contributed by atoms with Gasteiger partial charge >= 0.3 is 0 Å². The van der Waals surface area contributed by atoms with Crippen molar-refractivity contribution in [2.24, 2.45) is 0 Å². The topological polar surface area (TPSA) is 65.5 Å². The van der Waals surface area contributed by atoms with Crippen LogP contribution in [0.25, 0.3) is 0 Å². The Kier molecular flexibility index (Phi) is 5.40. The molecule has 0 bridgehead atoms. The Hall–Kier alpha value is -2.31. The maximum atomic E-state index is 12.3. The van der Waals surface area contributed by atoms with Crippen LogP contribution < -0.4 is 10.2 Å². The third-order valence-electron chi connectivity index (χ3n) is 3.98. The Morgan fingerprint density at radius 2 is 1.88 bits per heavy atom. The molecule has 2 amide bonds. The molecule has 2 heterocycles. The van der Waals surface area contributed by atoms with Crippen molar-refractivity contribution in [3.63, 3.8) is 0 Å². The molecular weight excluding hydrogens is 363 g/mol. The predicted molar refractivity (Wildman–Crippen MR) is 98.5 cm³/mol. The number of carbonyl (C=O) groups is 2. The summed E-state index contributed by atoms with van der Waals surface area (Å²) in [5.74, 6) is 0.487. The maximum absolute atomic E-state index is 12.3. The van der Waals surface area contributed by atoms with Crippen molar-refractivity contribution >= 4 is 47.0 Å². The minimum Gasteiger partial charge on any atom is -0.353 e. The number of anilines is 2. The zero-order valence-corrected chi connectivity index (χ0v) is 14.8. The molecule has 130 valence electrons. The van der Waals surface area contributed by atoms with Crippen molar-refractivity contribution in [1.82, 2.24) is 9.88 Å². The van der Waals surface area contributed by atoms with Gasteiger partial charge in [0.1, 0.15) is 5.82 Å².